The number of aryl methyl sites for hydroxylation is 1. The van der Waals surface area contributed by atoms with E-state index in [4.69, 9.17) is 5.11 Å². The Morgan fingerprint density at radius 1 is 1.17 bits per heavy atom. The fourth-order valence-corrected chi connectivity index (χ4v) is 2.12. The van der Waals surface area contributed by atoms with Gasteiger partial charge in [-0.3, -0.25) is 0 Å². The summed E-state index contributed by atoms with van der Waals surface area (Å²) in [6.45, 7) is 4.49. The van der Waals surface area contributed by atoms with Crippen molar-refractivity contribution in [3.63, 3.8) is 0 Å². The summed E-state index contributed by atoms with van der Waals surface area (Å²) in [5, 5.41) is 12.2. The molecule has 0 saturated heterocycles. The molecule has 1 aromatic rings. The van der Waals surface area contributed by atoms with Gasteiger partial charge in [0.1, 0.15) is 5.82 Å². The molecule has 0 heterocycles. The van der Waals surface area contributed by atoms with Crippen LogP contribution in [0.25, 0.3) is 0 Å². The smallest absolute Gasteiger partial charge is 0.126 e. The zero-order valence-electron chi connectivity index (χ0n) is 11.3. The Balaban J connectivity index is 2.28. The molecule has 2 atom stereocenters. The van der Waals surface area contributed by atoms with Crippen molar-refractivity contribution >= 4 is 0 Å². The fourth-order valence-electron chi connectivity index (χ4n) is 2.12. The molecule has 0 bridgehead atoms. The summed E-state index contributed by atoms with van der Waals surface area (Å²) in [5.74, 6) is -0.113. The van der Waals surface area contributed by atoms with E-state index in [1.54, 1.807) is 6.07 Å². The van der Waals surface area contributed by atoms with Gasteiger partial charge in [0, 0.05) is 18.7 Å². The van der Waals surface area contributed by atoms with Crippen molar-refractivity contribution < 1.29 is 9.50 Å². The third-order valence-corrected chi connectivity index (χ3v) is 3.17. The summed E-state index contributed by atoms with van der Waals surface area (Å²) in [6, 6.07) is 7.71. The Hall–Kier alpha value is -0.930. The lowest BCUT2D eigenvalue weighted by atomic mass is 10.0. The highest BCUT2D eigenvalue weighted by molar-refractivity contribution is 5.17. The SMILES string of the molecule is CC(CCCO)NC(C)CCc1ccccc1F. The molecule has 18 heavy (non-hydrogen) atoms. The third kappa shape index (κ3) is 5.61. The molecule has 2 N–H and O–H groups in total. The Kier molecular flexibility index (Phi) is 6.91. The van der Waals surface area contributed by atoms with Gasteiger partial charge >= 0.3 is 0 Å². The van der Waals surface area contributed by atoms with Crippen LogP contribution in [0.5, 0.6) is 0 Å². The highest BCUT2D eigenvalue weighted by Crippen LogP contribution is 2.10. The number of hydrogen-bond donors (Lipinski definition) is 2. The van der Waals surface area contributed by atoms with E-state index in [0.29, 0.717) is 12.1 Å². The van der Waals surface area contributed by atoms with Gasteiger partial charge in [-0.25, -0.2) is 4.39 Å². The maximum Gasteiger partial charge on any atom is 0.126 e. The average Bonchev–Trinajstić information content (AvgIpc) is 2.35. The molecule has 0 amide bonds. The largest absolute Gasteiger partial charge is 0.396 e. The predicted molar refractivity (Wildman–Crippen MR) is 73.1 cm³/mol. The summed E-state index contributed by atoms with van der Waals surface area (Å²) in [6.07, 6.45) is 3.48. The van der Waals surface area contributed by atoms with Crippen LogP contribution in [0.4, 0.5) is 4.39 Å². The minimum atomic E-state index is -0.113. The molecule has 0 aliphatic heterocycles. The average molecular weight is 253 g/mol. The summed E-state index contributed by atoms with van der Waals surface area (Å²) in [7, 11) is 0. The second-order valence-electron chi connectivity index (χ2n) is 4.96. The van der Waals surface area contributed by atoms with Crippen LogP contribution < -0.4 is 5.32 Å². The van der Waals surface area contributed by atoms with Gasteiger partial charge in [0.15, 0.2) is 0 Å². The van der Waals surface area contributed by atoms with Crippen LogP contribution in [0.2, 0.25) is 0 Å². The van der Waals surface area contributed by atoms with E-state index < -0.39 is 0 Å². The van der Waals surface area contributed by atoms with Crippen LogP contribution in [0, 0.1) is 5.82 Å². The van der Waals surface area contributed by atoms with Crippen LogP contribution in [0.15, 0.2) is 24.3 Å². The molecule has 2 unspecified atom stereocenters. The molecule has 102 valence electrons. The first-order valence-electron chi connectivity index (χ1n) is 6.73. The Bertz CT molecular complexity index is 343. The second-order valence-corrected chi connectivity index (χ2v) is 4.96. The van der Waals surface area contributed by atoms with E-state index in [9.17, 15) is 4.39 Å². The summed E-state index contributed by atoms with van der Waals surface area (Å²) in [4.78, 5) is 0. The monoisotopic (exact) mass is 253 g/mol. The Morgan fingerprint density at radius 3 is 2.50 bits per heavy atom. The Labute approximate surface area is 109 Å². The van der Waals surface area contributed by atoms with E-state index in [1.807, 2.05) is 12.1 Å². The van der Waals surface area contributed by atoms with Crippen molar-refractivity contribution in [1.82, 2.24) is 5.32 Å². The molecule has 0 spiro atoms. The van der Waals surface area contributed by atoms with Crippen LogP contribution in [-0.4, -0.2) is 23.8 Å². The van der Waals surface area contributed by atoms with Crippen molar-refractivity contribution in [2.45, 2.75) is 51.6 Å². The van der Waals surface area contributed by atoms with Crippen LogP contribution in [-0.2, 0) is 6.42 Å². The standard InChI is InChI=1S/C15H24FNO/c1-12(6-5-11-18)17-13(2)9-10-14-7-3-4-8-15(14)16/h3-4,7-8,12-13,17-18H,5-6,9-11H2,1-2H3. The first-order valence-corrected chi connectivity index (χ1v) is 6.73. The van der Waals surface area contributed by atoms with Crippen molar-refractivity contribution in [2.75, 3.05) is 6.61 Å². The van der Waals surface area contributed by atoms with Gasteiger partial charge in [0.05, 0.1) is 0 Å². The summed E-state index contributed by atoms with van der Waals surface area (Å²) < 4.78 is 13.4. The normalized spacial score (nSPS) is 14.4. The van der Waals surface area contributed by atoms with Gasteiger partial charge < -0.3 is 10.4 Å². The van der Waals surface area contributed by atoms with Crippen molar-refractivity contribution in [3.8, 4) is 0 Å². The van der Waals surface area contributed by atoms with Crippen LogP contribution in [0.3, 0.4) is 0 Å². The van der Waals surface area contributed by atoms with Gasteiger partial charge in [0.2, 0.25) is 0 Å². The second kappa shape index (κ2) is 8.22. The molecule has 0 saturated carbocycles. The molecular formula is C15H24FNO. The lowest BCUT2D eigenvalue weighted by Crippen LogP contribution is -2.34. The predicted octanol–water partition coefficient (Wildman–Crippen LogP) is 2.90. The molecule has 0 aromatic heterocycles. The van der Waals surface area contributed by atoms with Crippen LogP contribution in [0.1, 0.15) is 38.7 Å². The molecule has 2 nitrogen and oxygen atoms in total. The molecular weight excluding hydrogens is 229 g/mol. The van der Waals surface area contributed by atoms with E-state index >= 15 is 0 Å². The molecule has 1 aromatic carbocycles. The van der Waals surface area contributed by atoms with Crippen molar-refractivity contribution in [2.24, 2.45) is 0 Å². The third-order valence-electron chi connectivity index (χ3n) is 3.17. The minimum Gasteiger partial charge on any atom is -0.396 e. The minimum absolute atomic E-state index is 0.113. The fraction of sp³-hybridized carbons (Fsp3) is 0.600. The van der Waals surface area contributed by atoms with E-state index in [2.05, 4.69) is 19.2 Å². The zero-order valence-corrected chi connectivity index (χ0v) is 11.3. The van der Waals surface area contributed by atoms with Gasteiger partial charge in [-0.15, -0.1) is 0 Å². The first-order chi connectivity index (χ1) is 8.63. The Morgan fingerprint density at radius 2 is 1.83 bits per heavy atom. The van der Waals surface area contributed by atoms with Crippen molar-refractivity contribution in [3.05, 3.63) is 35.6 Å². The number of nitrogens with one attached hydrogen (secondary N) is 1. The van der Waals surface area contributed by atoms with Crippen molar-refractivity contribution in [1.29, 1.82) is 0 Å². The highest BCUT2D eigenvalue weighted by Gasteiger charge is 2.08. The number of benzene rings is 1. The van der Waals surface area contributed by atoms with E-state index in [1.165, 1.54) is 6.07 Å². The zero-order chi connectivity index (χ0) is 13.4. The molecule has 0 aliphatic carbocycles. The van der Waals surface area contributed by atoms with Gasteiger partial charge in [0.25, 0.3) is 0 Å². The number of aliphatic hydroxyl groups is 1. The summed E-state index contributed by atoms with van der Waals surface area (Å²) >= 11 is 0. The maximum atomic E-state index is 13.4. The maximum absolute atomic E-state index is 13.4. The number of halogens is 1. The number of hydrogen-bond acceptors (Lipinski definition) is 2. The lowest BCUT2D eigenvalue weighted by Gasteiger charge is -2.19. The quantitative estimate of drug-likeness (QED) is 0.746. The van der Waals surface area contributed by atoms with Gasteiger partial charge in [-0.1, -0.05) is 18.2 Å². The first kappa shape index (κ1) is 15.1. The number of rotatable bonds is 8. The summed E-state index contributed by atoms with van der Waals surface area (Å²) in [5.41, 5.74) is 0.786. The molecule has 0 aliphatic rings. The molecule has 3 heteroatoms. The molecule has 1 rings (SSSR count). The number of aliphatic hydroxyl groups excluding tert-OH is 1. The van der Waals surface area contributed by atoms with E-state index in [0.717, 1.165) is 31.2 Å². The molecule has 0 radical (unpaired) electrons. The lowest BCUT2D eigenvalue weighted by molar-refractivity contribution is 0.273. The van der Waals surface area contributed by atoms with E-state index in [-0.39, 0.29) is 12.4 Å². The van der Waals surface area contributed by atoms with Crippen LogP contribution >= 0.6 is 0 Å². The highest BCUT2D eigenvalue weighted by atomic mass is 19.1. The topological polar surface area (TPSA) is 32.3 Å². The molecule has 0 fully saturated rings. The van der Waals surface area contributed by atoms with Gasteiger partial charge in [-0.05, 0) is 51.2 Å². The van der Waals surface area contributed by atoms with Gasteiger partial charge in [-0.2, -0.15) is 0 Å².